The van der Waals surface area contributed by atoms with Gasteiger partial charge in [0.05, 0.1) is 18.4 Å². The smallest absolute Gasteiger partial charge is 0.437 e. The average molecular weight is 436 g/mol. The number of rotatable bonds is 10. The number of anilines is 1. The minimum atomic E-state index is -4.57. The van der Waals surface area contributed by atoms with Crippen LogP contribution >= 0.6 is 0 Å². The first-order valence-corrected chi connectivity index (χ1v) is 9.95. The van der Waals surface area contributed by atoms with Crippen LogP contribution < -0.4 is 10.1 Å². The maximum Gasteiger partial charge on any atom is 0.437 e. The topological polar surface area (TPSA) is 84.6 Å². The number of fused-ring (bicyclic) bond motifs is 1. The average Bonchev–Trinajstić information content (AvgIpc) is 3.15. The number of hydrogen-bond acceptors (Lipinski definition) is 5. The van der Waals surface area contributed by atoms with Gasteiger partial charge in [0.25, 0.3) is 0 Å². The molecule has 0 fully saturated rings. The van der Waals surface area contributed by atoms with Crippen LogP contribution in [0, 0.1) is 0 Å². The molecule has 6 nitrogen and oxygen atoms in total. The van der Waals surface area contributed by atoms with Gasteiger partial charge >= 0.3 is 12.1 Å². The monoisotopic (exact) mass is 436 g/mol. The van der Waals surface area contributed by atoms with E-state index in [1.54, 1.807) is 12.1 Å². The fourth-order valence-corrected chi connectivity index (χ4v) is 3.27. The lowest BCUT2D eigenvalue weighted by molar-refractivity contribution is -0.141. The van der Waals surface area contributed by atoms with Gasteiger partial charge in [0, 0.05) is 17.8 Å². The lowest BCUT2D eigenvalue weighted by atomic mass is 10.0. The molecule has 2 aromatic carbocycles. The molecule has 0 bridgehead atoms. The molecule has 31 heavy (non-hydrogen) atoms. The van der Waals surface area contributed by atoms with Crippen LogP contribution in [-0.2, 0) is 23.8 Å². The first-order chi connectivity index (χ1) is 14.8. The van der Waals surface area contributed by atoms with Gasteiger partial charge in [0.2, 0.25) is 0 Å². The third kappa shape index (κ3) is 5.68. The van der Waals surface area contributed by atoms with Crippen molar-refractivity contribution in [3.05, 3.63) is 53.2 Å². The number of aliphatic carboxylic acids is 1. The zero-order valence-corrected chi connectivity index (χ0v) is 17.0. The molecule has 3 aromatic rings. The summed E-state index contributed by atoms with van der Waals surface area (Å²) in [5.41, 5.74) is 1.27. The van der Waals surface area contributed by atoms with Crippen molar-refractivity contribution >= 4 is 22.6 Å². The number of hydrogen-bond donors (Lipinski definition) is 2. The predicted octanol–water partition coefficient (Wildman–Crippen LogP) is 5.31. The van der Waals surface area contributed by atoms with E-state index in [1.807, 2.05) is 19.1 Å². The number of aromatic nitrogens is 1. The molecule has 166 valence electrons. The molecule has 0 saturated carbocycles. The van der Waals surface area contributed by atoms with Crippen molar-refractivity contribution in [2.75, 3.05) is 18.5 Å². The van der Waals surface area contributed by atoms with Gasteiger partial charge in [0.1, 0.15) is 5.75 Å². The molecule has 0 aliphatic carbocycles. The van der Waals surface area contributed by atoms with Gasteiger partial charge in [-0.25, -0.2) is 0 Å². The highest BCUT2D eigenvalue weighted by Crippen LogP contribution is 2.38. The third-order valence-electron chi connectivity index (χ3n) is 4.69. The maximum atomic E-state index is 13.1. The number of nitrogens with one attached hydrogen (secondary N) is 1. The number of ether oxygens (including phenoxy) is 1. The van der Waals surface area contributed by atoms with Gasteiger partial charge in [-0.2, -0.15) is 13.2 Å². The number of carboxylic acids is 1. The predicted molar refractivity (Wildman–Crippen MR) is 109 cm³/mol. The molecular weight excluding hydrogens is 413 g/mol. The Kier molecular flexibility index (Phi) is 7.04. The highest BCUT2D eigenvalue weighted by molar-refractivity contribution is 5.85. The molecule has 0 aliphatic rings. The number of aryl methyl sites for hydroxylation is 1. The lowest BCUT2D eigenvalue weighted by Crippen LogP contribution is -2.08. The summed E-state index contributed by atoms with van der Waals surface area (Å²) in [5, 5.41) is 15.2. The molecule has 1 heterocycles. The largest absolute Gasteiger partial charge is 0.493 e. The summed E-state index contributed by atoms with van der Waals surface area (Å²) >= 11 is 0. The first-order valence-electron chi connectivity index (χ1n) is 9.95. The number of carbonyl (C=O) groups is 1. The maximum absolute atomic E-state index is 13.1. The molecule has 0 atom stereocenters. The zero-order valence-electron chi connectivity index (χ0n) is 17.0. The number of alkyl halides is 3. The minimum absolute atomic E-state index is 0.0196. The summed E-state index contributed by atoms with van der Waals surface area (Å²) in [6, 6.07) is 10.0. The van der Waals surface area contributed by atoms with Crippen molar-refractivity contribution in [1.29, 1.82) is 0 Å². The van der Waals surface area contributed by atoms with Crippen LogP contribution in [0.5, 0.6) is 5.75 Å². The van der Waals surface area contributed by atoms with E-state index in [0.29, 0.717) is 37.3 Å². The Morgan fingerprint density at radius 2 is 1.94 bits per heavy atom. The molecule has 0 amide bonds. The molecule has 0 unspecified atom stereocenters. The van der Waals surface area contributed by atoms with Gasteiger partial charge in [-0.15, -0.1) is 0 Å². The SMILES string of the molecule is CCCc1c(OCCCNc2ccc(CC(=O)O)cc2)ccc2c(C(F)(F)F)noc12. The van der Waals surface area contributed by atoms with Crippen molar-refractivity contribution in [2.45, 2.75) is 38.8 Å². The second-order valence-corrected chi connectivity index (χ2v) is 7.09. The van der Waals surface area contributed by atoms with Crippen LogP contribution in [0.1, 0.15) is 36.6 Å². The van der Waals surface area contributed by atoms with Crippen LogP contribution in [0.25, 0.3) is 11.0 Å². The van der Waals surface area contributed by atoms with E-state index in [1.165, 1.54) is 12.1 Å². The van der Waals surface area contributed by atoms with Crippen molar-refractivity contribution in [3.8, 4) is 5.75 Å². The lowest BCUT2D eigenvalue weighted by Gasteiger charge is -2.12. The molecule has 9 heteroatoms. The Bertz CT molecular complexity index is 1030. The van der Waals surface area contributed by atoms with E-state index in [2.05, 4.69) is 10.5 Å². The zero-order chi connectivity index (χ0) is 22.4. The Hall–Kier alpha value is -3.23. The summed E-state index contributed by atoms with van der Waals surface area (Å²) in [4.78, 5) is 10.7. The van der Waals surface area contributed by atoms with Crippen molar-refractivity contribution in [2.24, 2.45) is 0 Å². The van der Waals surface area contributed by atoms with Gasteiger partial charge in [-0.05, 0) is 42.7 Å². The first kappa shape index (κ1) is 22.5. The second kappa shape index (κ2) is 9.72. The van der Waals surface area contributed by atoms with Gasteiger partial charge in [-0.3, -0.25) is 4.79 Å². The van der Waals surface area contributed by atoms with Crippen molar-refractivity contribution in [1.82, 2.24) is 5.16 Å². The highest BCUT2D eigenvalue weighted by Gasteiger charge is 2.37. The molecule has 0 aliphatic heterocycles. The van der Waals surface area contributed by atoms with Gasteiger partial charge < -0.3 is 19.7 Å². The quantitative estimate of drug-likeness (QED) is 0.419. The number of benzene rings is 2. The van der Waals surface area contributed by atoms with Crippen LogP contribution in [0.4, 0.5) is 18.9 Å². The molecule has 3 rings (SSSR count). The van der Waals surface area contributed by atoms with E-state index in [-0.39, 0.29) is 17.4 Å². The van der Waals surface area contributed by atoms with E-state index in [0.717, 1.165) is 17.7 Å². The molecule has 0 radical (unpaired) electrons. The normalized spacial score (nSPS) is 11.6. The van der Waals surface area contributed by atoms with E-state index in [9.17, 15) is 18.0 Å². The molecule has 2 N–H and O–H groups in total. The van der Waals surface area contributed by atoms with E-state index >= 15 is 0 Å². The third-order valence-corrected chi connectivity index (χ3v) is 4.69. The van der Waals surface area contributed by atoms with E-state index in [4.69, 9.17) is 14.4 Å². The molecular formula is C22H23F3N2O4. The fraction of sp³-hybridized carbons (Fsp3) is 0.364. The summed E-state index contributed by atoms with van der Waals surface area (Å²) < 4.78 is 50.1. The Morgan fingerprint density at radius 3 is 2.58 bits per heavy atom. The number of nitrogens with zero attached hydrogens (tertiary/aromatic N) is 1. The number of halogens is 3. The van der Waals surface area contributed by atoms with Crippen LogP contribution in [-0.4, -0.2) is 29.4 Å². The number of carboxylic acid groups (broad SMARTS) is 1. The summed E-state index contributed by atoms with van der Waals surface area (Å²) in [7, 11) is 0. The van der Waals surface area contributed by atoms with Crippen LogP contribution in [0.2, 0.25) is 0 Å². The summed E-state index contributed by atoms with van der Waals surface area (Å²) in [6.07, 6.45) is -2.70. The minimum Gasteiger partial charge on any atom is -0.493 e. The van der Waals surface area contributed by atoms with Gasteiger partial charge in [-0.1, -0.05) is 30.6 Å². The summed E-state index contributed by atoms with van der Waals surface area (Å²) in [5.74, 6) is -0.379. The standard InChI is InChI=1S/C22H23F3N2O4/c1-2-4-16-18(10-9-17-20(16)31-27-21(17)22(23,24)25)30-12-3-11-26-15-7-5-14(6-8-15)13-19(28)29/h5-10,26H,2-4,11-13H2,1H3,(H,28,29). The highest BCUT2D eigenvalue weighted by atomic mass is 19.4. The molecule has 1 aromatic heterocycles. The van der Waals surface area contributed by atoms with Crippen LogP contribution in [0.3, 0.4) is 0 Å². The van der Waals surface area contributed by atoms with Gasteiger partial charge in [0.15, 0.2) is 11.3 Å². The summed E-state index contributed by atoms with van der Waals surface area (Å²) in [6.45, 7) is 2.91. The Labute approximate surface area is 177 Å². The van der Waals surface area contributed by atoms with Crippen molar-refractivity contribution in [3.63, 3.8) is 0 Å². The second-order valence-electron chi connectivity index (χ2n) is 7.09. The van der Waals surface area contributed by atoms with E-state index < -0.39 is 17.8 Å². The Morgan fingerprint density at radius 1 is 1.19 bits per heavy atom. The molecule has 0 spiro atoms. The Balaban J connectivity index is 1.58. The van der Waals surface area contributed by atoms with Crippen LogP contribution in [0.15, 0.2) is 40.9 Å². The molecule has 0 saturated heterocycles. The fourth-order valence-electron chi connectivity index (χ4n) is 3.27. The van der Waals surface area contributed by atoms with Crippen molar-refractivity contribution < 1.29 is 32.3 Å².